The lowest BCUT2D eigenvalue weighted by atomic mass is 10.3. The number of carbonyl (C=O) groups is 2. The minimum Gasteiger partial charge on any atom is -0.476 e. The first-order valence-corrected chi connectivity index (χ1v) is 3.52. The Bertz CT molecular complexity index is 387. The number of alkyl halides is 2. The van der Waals surface area contributed by atoms with Crippen LogP contribution in [0.3, 0.4) is 0 Å². The van der Waals surface area contributed by atoms with Crippen LogP contribution >= 0.6 is 0 Å². The molecule has 1 N–H and O–H groups in total. The zero-order valence-electron chi connectivity index (χ0n) is 7.07. The summed E-state index contributed by atoms with van der Waals surface area (Å²) in [5.41, 5.74) is -1.55. The molecule has 0 aliphatic rings. The third kappa shape index (κ3) is 1.48. The second kappa shape index (κ2) is 3.52. The lowest BCUT2D eigenvalue weighted by molar-refractivity contribution is 0.0676. The van der Waals surface area contributed by atoms with Crippen molar-refractivity contribution in [2.75, 3.05) is 0 Å². The van der Waals surface area contributed by atoms with E-state index < -0.39 is 23.8 Å². The van der Waals surface area contributed by atoms with Gasteiger partial charge in [-0.25, -0.2) is 18.6 Å². The Morgan fingerprint density at radius 2 is 2.21 bits per heavy atom. The van der Waals surface area contributed by atoms with E-state index in [0.29, 0.717) is 0 Å². The molecule has 1 aromatic rings. The molecule has 0 saturated carbocycles. The average Bonchev–Trinajstić information content (AvgIpc) is 2.42. The highest BCUT2D eigenvalue weighted by Crippen LogP contribution is 2.22. The van der Waals surface area contributed by atoms with E-state index in [1.54, 1.807) is 0 Å². The molecule has 1 heterocycles. The van der Waals surface area contributed by atoms with Gasteiger partial charge in [-0.2, -0.15) is 0 Å². The highest BCUT2D eigenvalue weighted by molar-refractivity contribution is 5.88. The van der Waals surface area contributed by atoms with Crippen LogP contribution in [-0.4, -0.2) is 26.9 Å². The molecule has 0 aliphatic carbocycles. The van der Waals surface area contributed by atoms with Crippen LogP contribution in [0.2, 0.25) is 0 Å². The van der Waals surface area contributed by atoms with Gasteiger partial charge >= 0.3 is 5.97 Å². The molecule has 0 bridgehead atoms. The zero-order chi connectivity index (χ0) is 10.9. The number of aldehydes is 1. The predicted octanol–water partition coefficient (Wildman–Crippen LogP) is 0.868. The fraction of sp³-hybridized carbons (Fsp3) is 0.286. The fourth-order valence-electron chi connectivity index (χ4n) is 1.04. The Morgan fingerprint density at radius 3 is 2.50 bits per heavy atom. The summed E-state index contributed by atoms with van der Waals surface area (Å²) in [7, 11) is 1.16. The second-order valence-corrected chi connectivity index (χ2v) is 2.49. The Morgan fingerprint density at radius 1 is 1.64 bits per heavy atom. The first-order valence-electron chi connectivity index (χ1n) is 3.52. The number of imidazole rings is 1. The number of hydrogen-bond donors (Lipinski definition) is 1. The Kier molecular flexibility index (Phi) is 2.59. The van der Waals surface area contributed by atoms with Crippen molar-refractivity contribution in [3.63, 3.8) is 0 Å². The van der Waals surface area contributed by atoms with Crippen LogP contribution in [0.5, 0.6) is 0 Å². The number of carboxylic acids is 1. The smallest absolute Gasteiger partial charge is 0.356 e. The van der Waals surface area contributed by atoms with Crippen molar-refractivity contribution < 1.29 is 23.5 Å². The summed E-state index contributed by atoms with van der Waals surface area (Å²) in [6, 6.07) is 0. The molecule has 0 spiro atoms. The Hall–Kier alpha value is -1.79. The van der Waals surface area contributed by atoms with Gasteiger partial charge < -0.3 is 9.67 Å². The zero-order valence-corrected chi connectivity index (χ0v) is 7.07. The minimum atomic E-state index is -2.98. The topological polar surface area (TPSA) is 72.2 Å². The molecule has 0 saturated heterocycles. The van der Waals surface area contributed by atoms with E-state index in [1.165, 1.54) is 0 Å². The van der Waals surface area contributed by atoms with Crippen LogP contribution in [-0.2, 0) is 7.05 Å². The van der Waals surface area contributed by atoms with Gasteiger partial charge in [-0.05, 0) is 0 Å². The minimum absolute atomic E-state index is 0.221. The molecule has 0 aromatic carbocycles. The maximum atomic E-state index is 12.4. The highest BCUT2D eigenvalue weighted by atomic mass is 19.3. The number of halogens is 2. The van der Waals surface area contributed by atoms with Crippen molar-refractivity contribution in [2.24, 2.45) is 7.05 Å². The monoisotopic (exact) mass is 204 g/mol. The van der Waals surface area contributed by atoms with Crippen LogP contribution in [0.1, 0.15) is 33.2 Å². The van der Waals surface area contributed by atoms with E-state index in [0.717, 1.165) is 11.6 Å². The van der Waals surface area contributed by atoms with Gasteiger partial charge in [0.2, 0.25) is 0 Å². The quantitative estimate of drug-likeness (QED) is 0.741. The van der Waals surface area contributed by atoms with E-state index in [4.69, 9.17) is 5.11 Å². The summed E-state index contributed by atoms with van der Waals surface area (Å²) in [5, 5.41) is 8.52. The summed E-state index contributed by atoms with van der Waals surface area (Å²) in [6.45, 7) is 0. The normalized spacial score (nSPS) is 10.6. The molecule has 5 nitrogen and oxygen atoms in total. The maximum absolute atomic E-state index is 12.4. The number of carboxylic acid groups (broad SMARTS) is 1. The van der Waals surface area contributed by atoms with E-state index in [1.807, 2.05) is 0 Å². The summed E-state index contributed by atoms with van der Waals surface area (Å²) >= 11 is 0. The van der Waals surface area contributed by atoms with Gasteiger partial charge in [-0.15, -0.1) is 0 Å². The van der Waals surface area contributed by atoms with Crippen molar-refractivity contribution in [1.82, 2.24) is 9.55 Å². The second-order valence-electron chi connectivity index (χ2n) is 2.49. The number of carbonyl (C=O) groups excluding carboxylic acids is 1. The number of rotatable bonds is 3. The molecule has 14 heavy (non-hydrogen) atoms. The van der Waals surface area contributed by atoms with E-state index >= 15 is 0 Å². The van der Waals surface area contributed by atoms with Gasteiger partial charge in [0.15, 0.2) is 17.8 Å². The number of aromatic nitrogens is 2. The first kappa shape index (κ1) is 10.3. The molecular formula is C7H6F2N2O3. The molecule has 0 aliphatic heterocycles. The van der Waals surface area contributed by atoms with Gasteiger partial charge in [-0.1, -0.05) is 0 Å². The molecular weight excluding hydrogens is 198 g/mol. The summed E-state index contributed by atoms with van der Waals surface area (Å²) in [6.07, 6.45) is -2.76. The van der Waals surface area contributed by atoms with Crippen molar-refractivity contribution in [1.29, 1.82) is 0 Å². The van der Waals surface area contributed by atoms with E-state index in [9.17, 15) is 18.4 Å². The van der Waals surface area contributed by atoms with Crippen LogP contribution in [0.25, 0.3) is 0 Å². The van der Waals surface area contributed by atoms with Crippen LogP contribution < -0.4 is 0 Å². The molecule has 0 atom stereocenters. The SMILES string of the molecule is Cn1c(C=O)nc(C(=O)O)c1C(F)F. The fourth-order valence-corrected chi connectivity index (χ4v) is 1.04. The van der Waals surface area contributed by atoms with Gasteiger partial charge in [0.1, 0.15) is 5.69 Å². The Balaban J connectivity index is 3.42. The van der Waals surface area contributed by atoms with E-state index in [2.05, 4.69) is 4.98 Å². The van der Waals surface area contributed by atoms with Gasteiger partial charge in [-0.3, -0.25) is 4.79 Å². The van der Waals surface area contributed by atoms with Gasteiger partial charge in [0.25, 0.3) is 6.43 Å². The van der Waals surface area contributed by atoms with Crippen LogP contribution in [0, 0.1) is 0 Å². The summed E-state index contributed by atoms with van der Waals surface area (Å²) < 4.78 is 25.5. The largest absolute Gasteiger partial charge is 0.476 e. The van der Waals surface area contributed by atoms with Crippen molar-refractivity contribution in [2.45, 2.75) is 6.43 Å². The summed E-state index contributed by atoms with van der Waals surface area (Å²) in [5.74, 6) is -1.92. The number of nitrogens with zero attached hydrogens (tertiary/aromatic N) is 2. The molecule has 0 radical (unpaired) electrons. The third-order valence-electron chi connectivity index (χ3n) is 1.69. The van der Waals surface area contributed by atoms with Gasteiger partial charge in [0.05, 0.1) is 0 Å². The number of aromatic carboxylic acids is 1. The van der Waals surface area contributed by atoms with Crippen molar-refractivity contribution >= 4 is 12.3 Å². The summed E-state index contributed by atoms with van der Waals surface area (Å²) in [4.78, 5) is 24.1. The van der Waals surface area contributed by atoms with E-state index in [-0.39, 0.29) is 12.1 Å². The molecule has 0 unspecified atom stereocenters. The van der Waals surface area contributed by atoms with Crippen LogP contribution in [0.15, 0.2) is 0 Å². The molecule has 0 fully saturated rings. The average molecular weight is 204 g/mol. The lowest BCUT2D eigenvalue weighted by Gasteiger charge is -2.01. The molecule has 76 valence electrons. The Labute approximate surface area is 77.0 Å². The third-order valence-corrected chi connectivity index (χ3v) is 1.69. The van der Waals surface area contributed by atoms with Crippen molar-refractivity contribution in [3.05, 3.63) is 17.2 Å². The van der Waals surface area contributed by atoms with Crippen molar-refractivity contribution in [3.8, 4) is 0 Å². The molecule has 0 amide bonds. The maximum Gasteiger partial charge on any atom is 0.356 e. The first-order chi connectivity index (χ1) is 6.49. The standard InChI is InChI=1S/C7H6F2N2O3/c1-11-3(2-12)10-4(7(13)14)5(11)6(8)9/h2,6H,1H3,(H,13,14). The van der Waals surface area contributed by atoms with Gasteiger partial charge in [0, 0.05) is 7.05 Å². The lowest BCUT2D eigenvalue weighted by Crippen LogP contribution is -2.05. The molecule has 7 heteroatoms. The predicted molar refractivity (Wildman–Crippen MR) is 40.5 cm³/mol. The highest BCUT2D eigenvalue weighted by Gasteiger charge is 2.26. The van der Waals surface area contributed by atoms with Crippen LogP contribution in [0.4, 0.5) is 8.78 Å². The molecule has 1 aromatic heterocycles. The molecule has 1 rings (SSSR count). The number of hydrogen-bond acceptors (Lipinski definition) is 3.